The SMILES string of the molecule is COC1(c2nc(N)c(Br)c(C(C)(C)C)n2)CCC1. The zero-order valence-corrected chi connectivity index (χ0v) is 13.0. The summed E-state index contributed by atoms with van der Waals surface area (Å²) in [6.45, 7) is 6.34. The molecule has 0 unspecified atom stereocenters. The highest BCUT2D eigenvalue weighted by atomic mass is 79.9. The van der Waals surface area contributed by atoms with Crippen molar-refractivity contribution in [2.24, 2.45) is 0 Å². The van der Waals surface area contributed by atoms with Crippen molar-refractivity contribution in [3.05, 3.63) is 16.0 Å². The summed E-state index contributed by atoms with van der Waals surface area (Å²) in [6, 6.07) is 0. The summed E-state index contributed by atoms with van der Waals surface area (Å²) in [5.41, 5.74) is 6.53. The topological polar surface area (TPSA) is 61.0 Å². The van der Waals surface area contributed by atoms with Crippen LogP contribution in [0.5, 0.6) is 0 Å². The second-order valence-corrected chi connectivity index (χ2v) is 6.69. The van der Waals surface area contributed by atoms with Crippen LogP contribution in [0.4, 0.5) is 5.82 Å². The molecule has 18 heavy (non-hydrogen) atoms. The van der Waals surface area contributed by atoms with Crippen molar-refractivity contribution in [2.45, 2.75) is 51.0 Å². The Balaban J connectivity index is 2.54. The predicted molar refractivity (Wildman–Crippen MR) is 75.4 cm³/mol. The molecule has 0 radical (unpaired) electrons. The largest absolute Gasteiger partial charge is 0.383 e. The van der Waals surface area contributed by atoms with E-state index in [-0.39, 0.29) is 11.0 Å². The number of nitrogens with two attached hydrogens (primary N) is 1. The molecule has 0 atom stereocenters. The molecule has 1 fully saturated rings. The fraction of sp³-hybridized carbons (Fsp3) is 0.692. The maximum absolute atomic E-state index is 5.99. The van der Waals surface area contributed by atoms with E-state index in [0.29, 0.717) is 5.82 Å². The molecule has 2 N–H and O–H groups in total. The molecular formula is C13H20BrN3O. The molecule has 100 valence electrons. The number of rotatable bonds is 2. The van der Waals surface area contributed by atoms with Gasteiger partial charge in [-0.2, -0.15) is 0 Å². The zero-order chi connectivity index (χ0) is 13.6. The first-order valence-electron chi connectivity index (χ1n) is 6.19. The van der Waals surface area contributed by atoms with Crippen LogP contribution in [0.3, 0.4) is 0 Å². The summed E-state index contributed by atoms with van der Waals surface area (Å²) in [4.78, 5) is 9.11. The Labute approximate surface area is 116 Å². The fourth-order valence-electron chi connectivity index (χ4n) is 2.18. The first-order chi connectivity index (χ1) is 8.30. The molecule has 4 nitrogen and oxygen atoms in total. The fourth-order valence-corrected chi connectivity index (χ4v) is 2.95. The summed E-state index contributed by atoms with van der Waals surface area (Å²) in [5.74, 6) is 1.22. The number of halogens is 1. The van der Waals surface area contributed by atoms with Gasteiger partial charge in [0.05, 0.1) is 10.2 Å². The lowest BCUT2D eigenvalue weighted by Crippen LogP contribution is -2.39. The first kappa shape index (κ1) is 13.7. The number of nitrogens with zero attached hydrogens (tertiary/aromatic N) is 2. The molecule has 1 aromatic rings. The van der Waals surface area contributed by atoms with Crippen molar-refractivity contribution in [2.75, 3.05) is 12.8 Å². The van der Waals surface area contributed by atoms with Crippen molar-refractivity contribution in [1.29, 1.82) is 0 Å². The van der Waals surface area contributed by atoms with Gasteiger partial charge in [0.1, 0.15) is 11.4 Å². The molecule has 5 heteroatoms. The lowest BCUT2D eigenvalue weighted by Gasteiger charge is -2.39. The van der Waals surface area contributed by atoms with Crippen LogP contribution in [0, 0.1) is 0 Å². The van der Waals surface area contributed by atoms with Crippen molar-refractivity contribution in [3.8, 4) is 0 Å². The average molecular weight is 314 g/mol. The molecular weight excluding hydrogens is 294 g/mol. The minimum Gasteiger partial charge on any atom is -0.383 e. The highest BCUT2D eigenvalue weighted by molar-refractivity contribution is 9.10. The molecule has 2 rings (SSSR count). The quantitative estimate of drug-likeness (QED) is 0.911. The number of anilines is 1. The second kappa shape index (κ2) is 4.46. The van der Waals surface area contributed by atoms with Gasteiger partial charge in [-0.1, -0.05) is 20.8 Å². The maximum Gasteiger partial charge on any atom is 0.162 e. The molecule has 0 bridgehead atoms. The molecule has 1 heterocycles. The highest BCUT2D eigenvalue weighted by Crippen LogP contribution is 2.44. The third-order valence-electron chi connectivity index (χ3n) is 3.55. The van der Waals surface area contributed by atoms with Gasteiger partial charge in [0.2, 0.25) is 0 Å². The highest BCUT2D eigenvalue weighted by Gasteiger charge is 2.42. The van der Waals surface area contributed by atoms with Gasteiger partial charge in [0.15, 0.2) is 5.82 Å². The number of ether oxygens (including phenoxy) is 1. The van der Waals surface area contributed by atoms with Crippen molar-refractivity contribution < 1.29 is 4.74 Å². The monoisotopic (exact) mass is 313 g/mol. The van der Waals surface area contributed by atoms with Crippen LogP contribution in [0.25, 0.3) is 0 Å². The Hall–Kier alpha value is -0.680. The number of nitrogen functional groups attached to an aromatic ring is 1. The van der Waals surface area contributed by atoms with Crippen molar-refractivity contribution >= 4 is 21.7 Å². The average Bonchev–Trinajstić information content (AvgIpc) is 2.20. The van der Waals surface area contributed by atoms with E-state index in [9.17, 15) is 0 Å². The summed E-state index contributed by atoms with van der Waals surface area (Å²) >= 11 is 3.49. The van der Waals surface area contributed by atoms with Gasteiger partial charge >= 0.3 is 0 Å². The standard InChI is InChI=1S/C13H20BrN3O/c1-12(2,3)9-8(14)10(15)17-11(16-9)13(18-4)6-5-7-13/h5-7H2,1-4H3,(H2,15,16,17). The van der Waals surface area contributed by atoms with Gasteiger partial charge in [0.25, 0.3) is 0 Å². The van der Waals surface area contributed by atoms with Crippen LogP contribution in [-0.4, -0.2) is 17.1 Å². The molecule has 0 amide bonds. The second-order valence-electron chi connectivity index (χ2n) is 5.90. The van der Waals surface area contributed by atoms with E-state index < -0.39 is 0 Å². The third kappa shape index (κ3) is 2.14. The summed E-state index contributed by atoms with van der Waals surface area (Å²) in [7, 11) is 1.72. The van der Waals surface area contributed by atoms with Crippen LogP contribution in [0.1, 0.15) is 51.6 Å². The minimum atomic E-state index is -0.325. The van der Waals surface area contributed by atoms with Gasteiger partial charge in [-0.25, -0.2) is 9.97 Å². The Morgan fingerprint density at radius 3 is 2.28 bits per heavy atom. The van der Waals surface area contributed by atoms with Gasteiger partial charge in [0, 0.05) is 12.5 Å². The minimum absolute atomic E-state index is 0.0800. The Morgan fingerprint density at radius 1 is 1.28 bits per heavy atom. The molecule has 0 spiro atoms. The molecule has 1 saturated carbocycles. The summed E-state index contributed by atoms with van der Waals surface area (Å²) in [5, 5.41) is 0. The van der Waals surface area contributed by atoms with Gasteiger partial charge in [-0.3, -0.25) is 0 Å². The molecule has 1 aliphatic carbocycles. The normalized spacial score (nSPS) is 18.5. The first-order valence-corrected chi connectivity index (χ1v) is 6.98. The molecule has 1 aromatic heterocycles. The van der Waals surface area contributed by atoms with E-state index in [2.05, 4.69) is 41.7 Å². The number of hydrogen-bond donors (Lipinski definition) is 1. The van der Waals surface area contributed by atoms with Crippen LogP contribution < -0.4 is 5.73 Å². The van der Waals surface area contributed by atoms with Crippen molar-refractivity contribution in [1.82, 2.24) is 9.97 Å². The van der Waals surface area contributed by atoms with Gasteiger partial charge in [-0.15, -0.1) is 0 Å². The molecule has 0 saturated heterocycles. The lowest BCUT2D eigenvalue weighted by atomic mass is 9.79. The Kier molecular flexibility index (Phi) is 3.40. The number of hydrogen-bond acceptors (Lipinski definition) is 4. The predicted octanol–water partition coefficient (Wildman–Crippen LogP) is 3.14. The van der Waals surface area contributed by atoms with Crippen LogP contribution in [0.2, 0.25) is 0 Å². The van der Waals surface area contributed by atoms with Crippen LogP contribution >= 0.6 is 15.9 Å². The number of methoxy groups -OCH3 is 1. The van der Waals surface area contributed by atoms with E-state index in [1.54, 1.807) is 7.11 Å². The van der Waals surface area contributed by atoms with E-state index >= 15 is 0 Å². The smallest absolute Gasteiger partial charge is 0.162 e. The Morgan fingerprint density at radius 2 is 1.89 bits per heavy atom. The van der Waals surface area contributed by atoms with Gasteiger partial charge in [-0.05, 0) is 35.2 Å². The van der Waals surface area contributed by atoms with Crippen LogP contribution in [0.15, 0.2) is 4.47 Å². The third-order valence-corrected chi connectivity index (χ3v) is 4.33. The molecule has 1 aliphatic rings. The van der Waals surface area contributed by atoms with E-state index in [4.69, 9.17) is 15.5 Å². The van der Waals surface area contributed by atoms with Crippen LogP contribution in [-0.2, 0) is 15.8 Å². The number of aromatic nitrogens is 2. The van der Waals surface area contributed by atoms with Gasteiger partial charge < -0.3 is 10.5 Å². The van der Waals surface area contributed by atoms with E-state index in [0.717, 1.165) is 35.3 Å². The van der Waals surface area contributed by atoms with E-state index in [1.165, 1.54) is 0 Å². The van der Waals surface area contributed by atoms with E-state index in [1.807, 2.05) is 0 Å². The molecule has 0 aliphatic heterocycles. The lowest BCUT2D eigenvalue weighted by molar-refractivity contribution is -0.0848. The van der Waals surface area contributed by atoms with Crippen molar-refractivity contribution in [3.63, 3.8) is 0 Å². The maximum atomic E-state index is 5.99. The summed E-state index contributed by atoms with van der Waals surface area (Å²) < 4.78 is 6.42. The zero-order valence-electron chi connectivity index (χ0n) is 11.4. The molecule has 0 aromatic carbocycles. The summed E-state index contributed by atoms with van der Waals surface area (Å²) in [6.07, 6.45) is 3.08. The Bertz CT molecular complexity index is 459.